The SMILES string of the molecule is O=C1Nc2ccccc2S[C@@H]1CC(=O)N1CCO[C@@H]2CCCC[C@@H]21. The first-order valence-electron chi connectivity index (χ1n) is 8.70. The summed E-state index contributed by atoms with van der Waals surface area (Å²) in [6, 6.07) is 7.94. The van der Waals surface area contributed by atoms with Crippen LogP contribution in [0, 0.1) is 0 Å². The van der Waals surface area contributed by atoms with Crippen molar-refractivity contribution in [3.05, 3.63) is 24.3 Å². The number of thioether (sulfide) groups is 1. The lowest BCUT2D eigenvalue weighted by Crippen LogP contribution is -2.55. The number of rotatable bonds is 2. The quantitative estimate of drug-likeness (QED) is 0.894. The van der Waals surface area contributed by atoms with Crippen molar-refractivity contribution in [1.82, 2.24) is 4.90 Å². The standard InChI is InChI=1S/C18H22N2O3S/c21-17(20-9-10-23-14-7-3-2-6-13(14)20)11-16-18(22)19-12-5-1-4-8-15(12)24-16/h1,4-5,8,13-14,16H,2-3,6-7,9-11H2,(H,19,22)/t13-,14+,16+/m0/s1. The molecule has 128 valence electrons. The molecule has 2 amide bonds. The predicted molar refractivity (Wildman–Crippen MR) is 93.0 cm³/mol. The van der Waals surface area contributed by atoms with E-state index in [2.05, 4.69) is 5.32 Å². The van der Waals surface area contributed by atoms with Crippen LogP contribution in [0.1, 0.15) is 32.1 Å². The molecule has 3 aliphatic rings. The maximum atomic E-state index is 12.9. The van der Waals surface area contributed by atoms with Crippen molar-refractivity contribution in [2.24, 2.45) is 0 Å². The first-order chi connectivity index (χ1) is 11.7. The average molecular weight is 346 g/mol. The normalized spacial score (nSPS) is 29.4. The fourth-order valence-electron chi connectivity index (χ4n) is 3.91. The van der Waals surface area contributed by atoms with Crippen molar-refractivity contribution in [2.75, 3.05) is 18.5 Å². The molecule has 1 aromatic rings. The number of anilines is 1. The number of ether oxygens (including phenoxy) is 1. The van der Waals surface area contributed by atoms with E-state index in [0.717, 1.165) is 29.8 Å². The van der Waals surface area contributed by atoms with Crippen LogP contribution in [0.2, 0.25) is 0 Å². The maximum absolute atomic E-state index is 12.9. The number of hydrogen-bond acceptors (Lipinski definition) is 4. The van der Waals surface area contributed by atoms with Crippen molar-refractivity contribution in [3.8, 4) is 0 Å². The summed E-state index contributed by atoms with van der Waals surface area (Å²) in [5.74, 6) is 0.0164. The molecule has 1 aromatic carbocycles. The topological polar surface area (TPSA) is 58.6 Å². The summed E-state index contributed by atoms with van der Waals surface area (Å²) in [6.45, 7) is 1.26. The predicted octanol–water partition coefficient (Wildman–Crippen LogP) is 2.66. The second-order valence-electron chi connectivity index (χ2n) is 6.64. The molecule has 1 N–H and O–H groups in total. The van der Waals surface area contributed by atoms with Crippen LogP contribution in [0.4, 0.5) is 5.69 Å². The lowest BCUT2D eigenvalue weighted by molar-refractivity contribution is -0.150. The Kier molecular flexibility index (Phi) is 4.50. The minimum absolute atomic E-state index is 0.0690. The van der Waals surface area contributed by atoms with Crippen molar-refractivity contribution < 1.29 is 14.3 Å². The summed E-state index contributed by atoms with van der Waals surface area (Å²) in [6.07, 6.45) is 4.84. The van der Waals surface area contributed by atoms with Gasteiger partial charge in [-0.05, 0) is 25.0 Å². The fourth-order valence-corrected chi connectivity index (χ4v) is 5.01. The first-order valence-corrected chi connectivity index (χ1v) is 9.58. The van der Waals surface area contributed by atoms with E-state index < -0.39 is 0 Å². The molecular formula is C18H22N2O3S. The van der Waals surface area contributed by atoms with E-state index in [9.17, 15) is 9.59 Å². The second kappa shape index (κ2) is 6.76. The van der Waals surface area contributed by atoms with Crippen LogP contribution in [0.3, 0.4) is 0 Å². The molecule has 2 heterocycles. The third kappa shape index (κ3) is 3.05. The molecule has 1 saturated carbocycles. The number of amides is 2. The van der Waals surface area contributed by atoms with Crippen LogP contribution in [0.25, 0.3) is 0 Å². The molecule has 24 heavy (non-hydrogen) atoms. The average Bonchev–Trinajstić information content (AvgIpc) is 2.62. The third-order valence-corrected chi connectivity index (χ3v) is 6.39. The number of nitrogens with zero attached hydrogens (tertiary/aromatic N) is 1. The summed E-state index contributed by atoms with van der Waals surface area (Å²) in [4.78, 5) is 28.2. The van der Waals surface area contributed by atoms with Gasteiger partial charge in [0.1, 0.15) is 0 Å². The van der Waals surface area contributed by atoms with Crippen molar-refractivity contribution in [2.45, 2.75) is 54.4 Å². The minimum atomic E-state index is -0.350. The number of benzene rings is 1. The molecule has 0 bridgehead atoms. The molecule has 0 spiro atoms. The number of fused-ring (bicyclic) bond motifs is 2. The lowest BCUT2D eigenvalue weighted by atomic mass is 9.90. The molecule has 0 radical (unpaired) electrons. The van der Waals surface area contributed by atoms with E-state index >= 15 is 0 Å². The number of morpholine rings is 1. The highest BCUT2D eigenvalue weighted by molar-refractivity contribution is 8.01. The van der Waals surface area contributed by atoms with Crippen LogP contribution < -0.4 is 5.32 Å². The Balaban J connectivity index is 1.45. The highest BCUT2D eigenvalue weighted by Gasteiger charge is 2.38. The van der Waals surface area contributed by atoms with Gasteiger partial charge in [-0.3, -0.25) is 9.59 Å². The molecule has 5 nitrogen and oxygen atoms in total. The highest BCUT2D eigenvalue weighted by atomic mass is 32.2. The van der Waals surface area contributed by atoms with Gasteiger partial charge in [0.25, 0.3) is 0 Å². The van der Waals surface area contributed by atoms with Crippen LogP contribution in [0.5, 0.6) is 0 Å². The van der Waals surface area contributed by atoms with Crippen LogP contribution in [-0.2, 0) is 14.3 Å². The fraction of sp³-hybridized carbons (Fsp3) is 0.556. The van der Waals surface area contributed by atoms with Gasteiger partial charge in [0, 0.05) is 17.9 Å². The van der Waals surface area contributed by atoms with Crippen molar-refractivity contribution in [3.63, 3.8) is 0 Å². The lowest BCUT2D eigenvalue weighted by Gasteiger charge is -2.44. The van der Waals surface area contributed by atoms with E-state index in [1.165, 1.54) is 18.2 Å². The van der Waals surface area contributed by atoms with Crippen molar-refractivity contribution in [1.29, 1.82) is 0 Å². The van der Waals surface area contributed by atoms with Crippen LogP contribution in [-0.4, -0.2) is 47.3 Å². The van der Waals surface area contributed by atoms with E-state index in [4.69, 9.17) is 4.74 Å². The van der Waals surface area contributed by atoms with Gasteiger partial charge in [-0.2, -0.15) is 0 Å². The third-order valence-electron chi connectivity index (χ3n) is 5.12. The van der Waals surface area contributed by atoms with Gasteiger partial charge in [0.15, 0.2) is 0 Å². The summed E-state index contributed by atoms with van der Waals surface area (Å²) in [7, 11) is 0. The number of hydrogen-bond donors (Lipinski definition) is 1. The Hall–Kier alpha value is -1.53. The zero-order chi connectivity index (χ0) is 16.5. The summed E-state index contributed by atoms with van der Waals surface area (Å²) in [5, 5.41) is 2.57. The Bertz CT molecular complexity index is 649. The number of nitrogens with one attached hydrogen (secondary N) is 1. The van der Waals surface area contributed by atoms with Gasteiger partial charge in [-0.15, -0.1) is 11.8 Å². The highest BCUT2D eigenvalue weighted by Crippen LogP contribution is 2.37. The molecule has 0 unspecified atom stereocenters. The zero-order valence-corrected chi connectivity index (χ0v) is 14.4. The Morgan fingerprint density at radius 3 is 3.04 bits per heavy atom. The zero-order valence-electron chi connectivity index (χ0n) is 13.6. The Morgan fingerprint density at radius 1 is 1.29 bits per heavy atom. The smallest absolute Gasteiger partial charge is 0.238 e. The largest absolute Gasteiger partial charge is 0.374 e. The van der Waals surface area contributed by atoms with E-state index in [1.807, 2.05) is 29.2 Å². The molecule has 1 saturated heterocycles. The molecule has 0 aromatic heterocycles. The van der Waals surface area contributed by atoms with Crippen LogP contribution in [0.15, 0.2) is 29.2 Å². The molecule has 3 atom stereocenters. The van der Waals surface area contributed by atoms with Crippen molar-refractivity contribution >= 4 is 29.3 Å². The Labute approximate surface area is 146 Å². The molecule has 4 rings (SSSR count). The summed E-state index contributed by atoms with van der Waals surface area (Å²) < 4.78 is 5.84. The van der Waals surface area contributed by atoms with Gasteiger partial charge >= 0.3 is 0 Å². The van der Waals surface area contributed by atoms with Gasteiger partial charge in [0.2, 0.25) is 11.8 Å². The van der Waals surface area contributed by atoms with E-state index in [1.54, 1.807) is 0 Å². The van der Waals surface area contributed by atoms with Gasteiger partial charge in [-0.1, -0.05) is 25.0 Å². The molecule has 2 fully saturated rings. The Morgan fingerprint density at radius 2 is 2.12 bits per heavy atom. The van der Waals surface area contributed by atoms with E-state index in [-0.39, 0.29) is 35.6 Å². The minimum Gasteiger partial charge on any atom is -0.374 e. The van der Waals surface area contributed by atoms with Crippen LogP contribution >= 0.6 is 11.8 Å². The number of carbonyl (C=O) groups excluding carboxylic acids is 2. The van der Waals surface area contributed by atoms with Gasteiger partial charge < -0.3 is 15.0 Å². The summed E-state index contributed by atoms with van der Waals surface area (Å²) in [5.41, 5.74) is 0.843. The van der Waals surface area contributed by atoms with E-state index in [0.29, 0.717) is 13.2 Å². The number of para-hydroxylation sites is 1. The molecule has 1 aliphatic carbocycles. The molecule has 2 aliphatic heterocycles. The molecule has 6 heteroatoms. The van der Waals surface area contributed by atoms with Gasteiger partial charge in [-0.25, -0.2) is 0 Å². The first kappa shape index (κ1) is 16.0. The second-order valence-corrected chi connectivity index (χ2v) is 7.89. The molecular weight excluding hydrogens is 324 g/mol. The number of carbonyl (C=O) groups is 2. The monoisotopic (exact) mass is 346 g/mol. The summed E-state index contributed by atoms with van der Waals surface area (Å²) >= 11 is 1.50. The van der Waals surface area contributed by atoms with Gasteiger partial charge in [0.05, 0.1) is 29.7 Å². The maximum Gasteiger partial charge on any atom is 0.238 e.